The van der Waals surface area contributed by atoms with Crippen molar-refractivity contribution in [3.63, 3.8) is 0 Å². The summed E-state index contributed by atoms with van der Waals surface area (Å²) in [4.78, 5) is 12.2. The number of aromatic carboxylic acids is 1. The van der Waals surface area contributed by atoms with Crippen molar-refractivity contribution < 1.29 is 14.6 Å². The molecule has 0 spiro atoms. The van der Waals surface area contributed by atoms with Crippen molar-refractivity contribution in [1.82, 2.24) is 0 Å². The van der Waals surface area contributed by atoms with Gasteiger partial charge in [0.2, 0.25) is 0 Å². The molecule has 0 aromatic carbocycles. The number of rotatable bonds is 5. The first-order chi connectivity index (χ1) is 7.16. The van der Waals surface area contributed by atoms with E-state index < -0.39 is 5.97 Å². The molecular weight excluding hydrogens is 212 g/mol. The van der Waals surface area contributed by atoms with Crippen LogP contribution in [-0.2, 0) is 0 Å². The van der Waals surface area contributed by atoms with Gasteiger partial charge in [-0.15, -0.1) is 11.3 Å². The van der Waals surface area contributed by atoms with Gasteiger partial charge in [-0.1, -0.05) is 12.8 Å². The molecule has 0 aliphatic heterocycles. The standard InChI is InChI=1S/C11H14O3S/c1-7-6-9(10(15-7)11(12)13)14-5-4-8-2-3-8/h6,8H,2-5H2,1H3,(H,12,13). The molecule has 1 heterocycles. The van der Waals surface area contributed by atoms with Gasteiger partial charge in [-0.25, -0.2) is 4.79 Å². The van der Waals surface area contributed by atoms with Gasteiger partial charge in [0, 0.05) is 4.88 Å². The molecule has 82 valence electrons. The first-order valence-corrected chi connectivity index (χ1v) is 5.95. The predicted molar refractivity (Wildman–Crippen MR) is 58.9 cm³/mol. The lowest BCUT2D eigenvalue weighted by molar-refractivity contribution is 0.0698. The van der Waals surface area contributed by atoms with Crippen LogP contribution in [0.15, 0.2) is 6.07 Å². The highest BCUT2D eigenvalue weighted by Gasteiger charge is 2.21. The average Bonchev–Trinajstić information content (AvgIpc) is 2.89. The van der Waals surface area contributed by atoms with Crippen molar-refractivity contribution in [2.45, 2.75) is 26.2 Å². The molecule has 1 N–H and O–H groups in total. The molecule has 1 saturated carbocycles. The van der Waals surface area contributed by atoms with Crippen LogP contribution in [-0.4, -0.2) is 17.7 Å². The van der Waals surface area contributed by atoms with Gasteiger partial charge < -0.3 is 9.84 Å². The Balaban J connectivity index is 1.95. The van der Waals surface area contributed by atoms with Gasteiger partial charge in [0.1, 0.15) is 5.75 Å². The number of carboxylic acids is 1. The number of aryl methyl sites for hydroxylation is 1. The maximum absolute atomic E-state index is 10.9. The van der Waals surface area contributed by atoms with Crippen molar-refractivity contribution in [2.24, 2.45) is 5.92 Å². The molecule has 0 bridgehead atoms. The van der Waals surface area contributed by atoms with E-state index in [9.17, 15) is 4.79 Å². The van der Waals surface area contributed by atoms with Crippen molar-refractivity contribution in [3.8, 4) is 5.75 Å². The molecule has 0 radical (unpaired) electrons. The van der Waals surface area contributed by atoms with E-state index in [0.717, 1.165) is 17.2 Å². The molecule has 3 nitrogen and oxygen atoms in total. The molecule has 1 aliphatic carbocycles. The van der Waals surface area contributed by atoms with Crippen LogP contribution in [0.25, 0.3) is 0 Å². The molecule has 1 aromatic heterocycles. The molecule has 0 atom stereocenters. The number of ether oxygens (including phenoxy) is 1. The SMILES string of the molecule is Cc1cc(OCCC2CC2)c(C(=O)O)s1. The summed E-state index contributed by atoms with van der Waals surface area (Å²) in [5.41, 5.74) is 0. The minimum absolute atomic E-state index is 0.322. The number of hydrogen-bond donors (Lipinski definition) is 1. The van der Waals surface area contributed by atoms with Gasteiger partial charge in [-0.2, -0.15) is 0 Å². The minimum atomic E-state index is -0.894. The van der Waals surface area contributed by atoms with Crippen molar-refractivity contribution in [3.05, 3.63) is 15.8 Å². The first kappa shape index (κ1) is 10.5. The first-order valence-electron chi connectivity index (χ1n) is 5.13. The summed E-state index contributed by atoms with van der Waals surface area (Å²) < 4.78 is 5.50. The van der Waals surface area contributed by atoms with Crippen LogP contribution < -0.4 is 4.74 Å². The van der Waals surface area contributed by atoms with E-state index in [1.54, 1.807) is 6.07 Å². The van der Waals surface area contributed by atoms with Crippen LogP contribution in [0.3, 0.4) is 0 Å². The fourth-order valence-electron chi connectivity index (χ4n) is 1.49. The van der Waals surface area contributed by atoms with Crippen molar-refractivity contribution in [2.75, 3.05) is 6.61 Å². The Morgan fingerprint density at radius 3 is 3.00 bits per heavy atom. The van der Waals surface area contributed by atoms with Crippen molar-refractivity contribution >= 4 is 17.3 Å². The topological polar surface area (TPSA) is 46.5 Å². The summed E-state index contributed by atoms with van der Waals surface area (Å²) in [6.45, 7) is 2.53. The largest absolute Gasteiger partial charge is 0.492 e. The van der Waals surface area contributed by atoms with E-state index >= 15 is 0 Å². The van der Waals surface area contributed by atoms with Gasteiger partial charge in [0.15, 0.2) is 4.88 Å². The smallest absolute Gasteiger partial charge is 0.349 e. The molecule has 0 unspecified atom stereocenters. The van der Waals surface area contributed by atoms with Gasteiger partial charge in [-0.05, 0) is 25.3 Å². The quantitative estimate of drug-likeness (QED) is 0.839. The summed E-state index contributed by atoms with van der Waals surface area (Å²) in [7, 11) is 0. The van der Waals surface area contributed by atoms with Gasteiger partial charge >= 0.3 is 5.97 Å². The zero-order valence-electron chi connectivity index (χ0n) is 8.66. The third kappa shape index (κ3) is 2.72. The third-order valence-corrected chi connectivity index (χ3v) is 3.52. The van der Waals surface area contributed by atoms with Gasteiger partial charge in [0.05, 0.1) is 6.61 Å². The Kier molecular flexibility index (Phi) is 2.95. The molecule has 1 aromatic rings. The van der Waals surface area contributed by atoms with Crippen LogP contribution in [0.2, 0.25) is 0 Å². The second-order valence-corrected chi connectivity index (χ2v) is 5.19. The summed E-state index contributed by atoms with van der Waals surface area (Å²) in [5.74, 6) is 0.457. The van der Waals surface area contributed by atoms with E-state index in [1.807, 2.05) is 6.92 Å². The molecular formula is C11H14O3S. The Labute approximate surface area is 92.7 Å². The maximum Gasteiger partial charge on any atom is 0.349 e. The molecule has 4 heteroatoms. The summed E-state index contributed by atoms with van der Waals surface area (Å²) in [6.07, 6.45) is 3.66. The van der Waals surface area contributed by atoms with Crippen LogP contribution in [0.5, 0.6) is 5.75 Å². The van der Waals surface area contributed by atoms with Crippen LogP contribution in [0.4, 0.5) is 0 Å². The fraction of sp³-hybridized carbons (Fsp3) is 0.545. The Hall–Kier alpha value is -1.03. The normalized spacial score (nSPS) is 15.3. The number of carbonyl (C=O) groups is 1. The molecule has 1 fully saturated rings. The van der Waals surface area contributed by atoms with E-state index in [2.05, 4.69) is 0 Å². The van der Waals surface area contributed by atoms with E-state index in [4.69, 9.17) is 9.84 Å². The highest BCUT2D eigenvalue weighted by Crippen LogP contribution is 2.33. The number of carboxylic acid groups (broad SMARTS) is 1. The second-order valence-electron chi connectivity index (χ2n) is 3.94. The Morgan fingerprint density at radius 2 is 2.40 bits per heavy atom. The van der Waals surface area contributed by atoms with Crippen LogP contribution in [0, 0.1) is 12.8 Å². The highest BCUT2D eigenvalue weighted by molar-refractivity contribution is 7.14. The lowest BCUT2D eigenvalue weighted by Crippen LogP contribution is -2.01. The van der Waals surface area contributed by atoms with E-state index in [0.29, 0.717) is 17.2 Å². The third-order valence-electron chi connectivity index (χ3n) is 2.50. The molecule has 1 aliphatic rings. The van der Waals surface area contributed by atoms with Gasteiger partial charge in [0.25, 0.3) is 0 Å². The second kappa shape index (κ2) is 4.23. The zero-order valence-corrected chi connectivity index (χ0v) is 9.47. The highest BCUT2D eigenvalue weighted by atomic mass is 32.1. The molecule has 0 amide bonds. The van der Waals surface area contributed by atoms with E-state index in [1.165, 1.54) is 24.2 Å². The van der Waals surface area contributed by atoms with E-state index in [-0.39, 0.29) is 0 Å². The predicted octanol–water partition coefficient (Wildman–Crippen LogP) is 2.93. The molecule has 15 heavy (non-hydrogen) atoms. The average molecular weight is 226 g/mol. The minimum Gasteiger partial charge on any atom is -0.492 e. The lowest BCUT2D eigenvalue weighted by Gasteiger charge is -2.03. The van der Waals surface area contributed by atoms with Crippen LogP contribution in [0.1, 0.15) is 33.8 Å². The maximum atomic E-state index is 10.9. The zero-order chi connectivity index (χ0) is 10.8. The molecule has 2 rings (SSSR count). The van der Waals surface area contributed by atoms with Crippen molar-refractivity contribution in [1.29, 1.82) is 0 Å². The monoisotopic (exact) mass is 226 g/mol. The molecule has 0 saturated heterocycles. The fourth-order valence-corrected chi connectivity index (χ4v) is 2.28. The summed E-state index contributed by atoms with van der Waals surface area (Å²) in [6, 6.07) is 1.81. The Bertz CT molecular complexity index is 366. The number of hydrogen-bond acceptors (Lipinski definition) is 3. The summed E-state index contributed by atoms with van der Waals surface area (Å²) >= 11 is 1.27. The summed E-state index contributed by atoms with van der Waals surface area (Å²) in [5, 5.41) is 8.93. The Morgan fingerprint density at radius 1 is 1.67 bits per heavy atom. The van der Waals surface area contributed by atoms with Crippen LogP contribution >= 0.6 is 11.3 Å². The lowest BCUT2D eigenvalue weighted by atomic mass is 10.3. The number of thiophene rings is 1. The van der Waals surface area contributed by atoms with Gasteiger partial charge in [-0.3, -0.25) is 0 Å².